The molecule has 1 N–H and O–H groups in total. The van der Waals surface area contributed by atoms with Crippen LogP contribution in [0.5, 0.6) is 23.0 Å². The lowest BCUT2D eigenvalue weighted by molar-refractivity contribution is 0.0934. The molecule has 1 unspecified atom stereocenters. The average Bonchev–Trinajstić information content (AvgIpc) is 3.68. The van der Waals surface area contributed by atoms with E-state index in [0.717, 1.165) is 39.7 Å². The first kappa shape index (κ1) is 27.1. The summed E-state index contributed by atoms with van der Waals surface area (Å²) in [5.74, 6) is 3.17. The van der Waals surface area contributed by atoms with Crippen molar-refractivity contribution in [3.63, 3.8) is 0 Å². The fourth-order valence-corrected chi connectivity index (χ4v) is 4.83. The number of benzene rings is 4. The molecule has 1 amide bonds. The predicted octanol–water partition coefficient (Wildman–Crippen LogP) is 6.89. The van der Waals surface area contributed by atoms with Crippen molar-refractivity contribution >= 4 is 5.91 Å². The highest BCUT2D eigenvalue weighted by Crippen LogP contribution is 2.33. The van der Waals surface area contributed by atoms with Crippen LogP contribution in [-0.2, 0) is 19.6 Å². The Bertz CT molecular complexity index is 1640. The lowest BCUT2D eigenvalue weighted by Gasteiger charge is -2.21. The van der Waals surface area contributed by atoms with E-state index in [9.17, 15) is 4.79 Å². The third kappa shape index (κ3) is 6.79. The lowest BCUT2D eigenvalue weighted by Crippen LogP contribution is -2.27. The molecule has 1 aliphatic heterocycles. The van der Waals surface area contributed by atoms with E-state index in [2.05, 4.69) is 21.3 Å². The monoisotopic (exact) mass is 561 g/mol. The number of carbonyl (C=O) groups excluding carboxylic acids is 1. The van der Waals surface area contributed by atoms with E-state index in [1.54, 1.807) is 0 Å². The number of aromatic nitrogens is 1. The zero-order valence-electron chi connectivity index (χ0n) is 23.2. The second-order valence-electron chi connectivity index (χ2n) is 10.1. The SMILES string of the molecule is CC(NC(=O)c1coc(CN(Cc2cccc(Oc3ccccc3)c2)Cc2ccc3c(c2)OCO3)n1)c1ccccc1. The van der Waals surface area contributed by atoms with Crippen molar-refractivity contribution in [1.82, 2.24) is 15.2 Å². The van der Waals surface area contributed by atoms with Gasteiger partial charge < -0.3 is 23.9 Å². The zero-order chi connectivity index (χ0) is 28.7. The van der Waals surface area contributed by atoms with E-state index < -0.39 is 0 Å². The highest BCUT2D eigenvalue weighted by Gasteiger charge is 2.19. The van der Waals surface area contributed by atoms with Gasteiger partial charge in [-0.05, 0) is 60.0 Å². The van der Waals surface area contributed by atoms with Gasteiger partial charge in [-0.25, -0.2) is 4.98 Å². The molecule has 1 aromatic heterocycles. The molecule has 1 aliphatic rings. The topological polar surface area (TPSA) is 86.1 Å². The molecule has 1 atom stereocenters. The summed E-state index contributed by atoms with van der Waals surface area (Å²) in [6.07, 6.45) is 1.41. The predicted molar refractivity (Wildman–Crippen MR) is 157 cm³/mol. The largest absolute Gasteiger partial charge is 0.457 e. The van der Waals surface area contributed by atoms with Crippen molar-refractivity contribution in [2.45, 2.75) is 32.6 Å². The molecule has 5 aromatic rings. The van der Waals surface area contributed by atoms with Gasteiger partial charge >= 0.3 is 0 Å². The number of rotatable bonds is 11. The smallest absolute Gasteiger partial charge is 0.273 e. The van der Waals surface area contributed by atoms with Gasteiger partial charge in [-0.1, -0.05) is 66.7 Å². The minimum absolute atomic E-state index is 0.160. The Morgan fingerprint density at radius 3 is 2.36 bits per heavy atom. The second-order valence-corrected chi connectivity index (χ2v) is 10.1. The summed E-state index contributed by atoms with van der Waals surface area (Å²) in [4.78, 5) is 19.6. The summed E-state index contributed by atoms with van der Waals surface area (Å²) in [7, 11) is 0. The summed E-state index contributed by atoms with van der Waals surface area (Å²) in [6, 6.07) is 33.3. The Labute approximate surface area is 244 Å². The molecule has 0 bridgehead atoms. The van der Waals surface area contributed by atoms with Gasteiger partial charge in [0.05, 0.1) is 12.6 Å². The number of amides is 1. The maximum atomic E-state index is 12.9. The third-order valence-electron chi connectivity index (χ3n) is 6.92. The van der Waals surface area contributed by atoms with Gasteiger partial charge in [-0.2, -0.15) is 0 Å². The molecule has 0 aliphatic carbocycles. The number of oxazole rings is 1. The Balaban J connectivity index is 1.18. The quantitative estimate of drug-likeness (QED) is 0.188. The Morgan fingerprint density at radius 2 is 1.55 bits per heavy atom. The van der Waals surface area contributed by atoms with E-state index in [4.69, 9.17) is 18.6 Å². The number of carbonyl (C=O) groups is 1. The molecular weight excluding hydrogens is 530 g/mol. The van der Waals surface area contributed by atoms with Crippen LogP contribution in [0.25, 0.3) is 0 Å². The maximum absolute atomic E-state index is 12.9. The van der Waals surface area contributed by atoms with Crippen molar-refractivity contribution in [1.29, 1.82) is 0 Å². The Hall–Kier alpha value is -5.08. The van der Waals surface area contributed by atoms with Crippen LogP contribution in [0.1, 0.15) is 46.0 Å². The summed E-state index contributed by atoms with van der Waals surface area (Å²) in [6.45, 7) is 3.74. The molecule has 0 saturated heterocycles. The summed E-state index contributed by atoms with van der Waals surface area (Å²) in [5.41, 5.74) is 3.37. The standard InChI is InChI=1S/C34H31N3O5/c1-24(27-10-4-2-5-11-27)35-34(38)30-22-39-33(36-30)21-37(20-26-15-16-31-32(18-26)41-23-40-31)19-25-9-8-14-29(17-25)42-28-12-6-3-7-13-28/h2-18,22,24H,19-21,23H2,1H3,(H,35,38). The number of para-hydroxylation sites is 1. The van der Waals surface area contributed by atoms with Crippen molar-refractivity contribution in [2.24, 2.45) is 0 Å². The highest BCUT2D eigenvalue weighted by atomic mass is 16.7. The fourth-order valence-electron chi connectivity index (χ4n) is 4.83. The number of hydrogen-bond acceptors (Lipinski definition) is 7. The molecule has 8 nitrogen and oxygen atoms in total. The number of fused-ring (bicyclic) bond motifs is 1. The van der Waals surface area contributed by atoms with Gasteiger partial charge in [-0.3, -0.25) is 9.69 Å². The van der Waals surface area contributed by atoms with Crippen molar-refractivity contribution < 1.29 is 23.4 Å². The van der Waals surface area contributed by atoms with Crippen LogP contribution in [0.3, 0.4) is 0 Å². The third-order valence-corrected chi connectivity index (χ3v) is 6.92. The summed E-state index contributed by atoms with van der Waals surface area (Å²) >= 11 is 0. The Kier molecular flexibility index (Phi) is 8.14. The van der Waals surface area contributed by atoms with Crippen LogP contribution in [-0.4, -0.2) is 22.6 Å². The minimum Gasteiger partial charge on any atom is -0.457 e. The molecule has 6 rings (SSSR count). The molecule has 0 fully saturated rings. The van der Waals surface area contributed by atoms with E-state index in [1.165, 1.54) is 6.26 Å². The van der Waals surface area contributed by atoms with Gasteiger partial charge in [0.15, 0.2) is 17.2 Å². The first-order valence-corrected chi connectivity index (χ1v) is 13.8. The maximum Gasteiger partial charge on any atom is 0.273 e. The van der Waals surface area contributed by atoms with Crippen LogP contribution in [0, 0.1) is 0 Å². The molecule has 0 spiro atoms. The van der Waals surface area contributed by atoms with E-state index in [0.29, 0.717) is 25.5 Å². The first-order chi connectivity index (χ1) is 20.6. The van der Waals surface area contributed by atoms with Crippen molar-refractivity contribution in [3.8, 4) is 23.0 Å². The lowest BCUT2D eigenvalue weighted by atomic mass is 10.1. The molecule has 212 valence electrons. The van der Waals surface area contributed by atoms with Crippen LogP contribution in [0.15, 0.2) is 114 Å². The van der Waals surface area contributed by atoms with Crippen molar-refractivity contribution in [3.05, 3.63) is 138 Å². The van der Waals surface area contributed by atoms with Crippen molar-refractivity contribution in [2.75, 3.05) is 6.79 Å². The molecule has 0 saturated carbocycles. The van der Waals surface area contributed by atoms with Crippen LogP contribution < -0.4 is 19.5 Å². The normalized spacial score (nSPS) is 12.7. The van der Waals surface area contributed by atoms with Crippen LogP contribution in [0.4, 0.5) is 0 Å². The van der Waals surface area contributed by atoms with Crippen LogP contribution in [0.2, 0.25) is 0 Å². The van der Waals surface area contributed by atoms with Gasteiger partial charge in [-0.15, -0.1) is 0 Å². The highest BCUT2D eigenvalue weighted by molar-refractivity contribution is 5.92. The first-order valence-electron chi connectivity index (χ1n) is 13.8. The van der Waals surface area contributed by atoms with E-state index >= 15 is 0 Å². The Morgan fingerprint density at radius 1 is 0.833 bits per heavy atom. The average molecular weight is 562 g/mol. The summed E-state index contributed by atoms with van der Waals surface area (Å²) in [5, 5.41) is 2.99. The summed E-state index contributed by atoms with van der Waals surface area (Å²) < 4.78 is 22.9. The number of nitrogens with one attached hydrogen (secondary N) is 1. The van der Waals surface area contributed by atoms with Crippen LogP contribution >= 0.6 is 0 Å². The molecule has 0 radical (unpaired) electrons. The molecule has 4 aromatic carbocycles. The second kappa shape index (κ2) is 12.6. The minimum atomic E-state index is -0.283. The van der Waals surface area contributed by atoms with E-state index in [1.807, 2.05) is 104 Å². The van der Waals surface area contributed by atoms with Gasteiger partial charge in [0.1, 0.15) is 17.8 Å². The van der Waals surface area contributed by atoms with Gasteiger partial charge in [0.25, 0.3) is 5.91 Å². The number of ether oxygens (including phenoxy) is 3. The van der Waals surface area contributed by atoms with Gasteiger partial charge in [0, 0.05) is 13.1 Å². The fraction of sp³-hybridized carbons (Fsp3) is 0.176. The molecular formula is C34H31N3O5. The zero-order valence-corrected chi connectivity index (χ0v) is 23.2. The molecule has 42 heavy (non-hydrogen) atoms. The van der Waals surface area contributed by atoms with E-state index in [-0.39, 0.29) is 24.4 Å². The molecule has 8 heteroatoms. The molecule has 2 heterocycles. The number of nitrogens with zero attached hydrogens (tertiary/aromatic N) is 2. The van der Waals surface area contributed by atoms with Gasteiger partial charge in [0.2, 0.25) is 12.7 Å². The number of hydrogen-bond donors (Lipinski definition) is 1.